The monoisotopic (exact) mass is 181 g/mol. The number of rotatable bonds is 1. The minimum absolute atomic E-state index is 0. The van der Waals surface area contributed by atoms with Gasteiger partial charge in [-0.2, -0.15) is 0 Å². The van der Waals surface area contributed by atoms with Gasteiger partial charge in [0.15, 0.2) is 0 Å². The third-order valence-electron chi connectivity index (χ3n) is 1.44. The Morgan fingerprint density at radius 1 is 1.50 bits per heavy atom. The Balaban J connectivity index is 0.00000121. The van der Waals surface area contributed by atoms with E-state index in [1.807, 2.05) is 0 Å². The van der Waals surface area contributed by atoms with Gasteiger partial charge >= 0.3 is 29.6 Å². The van der Waals surface area contributed by atoms with Crippen molar-refractivity contribution in [3.63, 3.8) is 0 Å². The molecule has 0 aromatic carbocycles. The van der Waals surface area contributed by atoms with Gasteiger partial charge in [-0.05, 0) is 6.92 Å². The second kappa shape index (κ2) is 4.23. The standard InChI is InChI=1S/C6H9NO4.Na/c1-6(2-11-3-6)7-4(8)5(9)10;/h2-3H2,1H3,(H,7,8)(H,9,10);/q;+1/p-1. The Morgan fingerprint density at radius 3 is 2.25 bits per heavy atom. The summed E-state index contributed by atoms with van der Waals surface area (Å²) in [5.74, 6) is -2.80. The molecule has 0 unspecified atom stereocenters. The Labute approximate surface area is 91.8 Å². The van der Waals surface area contributed by atoms with Gasteiger partial charge in [0.2, 0.25) is 0 Å². The van der Waals surface area contributed by atoms with Crippen LogP contribution in [0, 0.1) is 0 Å². The number of hydrogen-bond donors (Lipinski definition) is 1. The molecule has 1 N–H and O–H groups in total. The molecule has 5 nitrogen and oxygen atoms in total. The first-order valence-electron chi connectivity index (χ1n) is 3.15. The predicted octanol–water partition coefficient (Wildman–Crippen LogP) is -5.35. The van der Waals surface area contributed by atoms with Gasteiger partial charge in [0.25, 0.3) is 5.91 Å². The summed E-state index contributed by atoms with van der Waals surface area (Å²) < 4.78 is 4.79. The predicted molar refractivity (Wildman–Crippen MR) is 32.4 cm³/mol. The summed E-state index contributed by atoms with van der Waals surface area (Å²) in [5.41, 5.74) is -0.517. The molecule has 1 aliphatic rings. The first kappa shape index (κ1) is 11.9. The average molecular weight is 181 g/mol. The van der Waals surface area contributed by atoms with Crippen LogP contribution in [-0.4, -0.2) is 30.6 Å². The molecule has 0 aliphatic carbocycles. The summed E-state index contributed by atoms with van der Waals surface area (Å²) in [6.45, 7) is 2.41. The fourth-order valence-electron chi connectivity index (χ4n) is 0.806. The number of nitrogens with one attached hydrogen (secondary N) is 1. The van der Waals surface area contributed by atoms with E-state index >= 15 is 0 Å². The second-order valence-corrected chi connectivity index (χ2v) is 2.80. The van der Waals surface area contributed by atoms with Crippen molar-refractivity contribution in [1.29, 1.82) is 0 Å². The zero-order valence-electron chi connectivity index (χ0n) is 7.05. The quantitative estimate of drug-likeness (QED) is 0.323. The first-order valence-corrected chi connectivity index (χ1v) is 3.15. The van der Waals surface area contributed by atoms with Gasteiger partial charge < -0.3 is 20.0 Å². The van der Waals surface area contributed by atoms with E-state index < -0.39 is 17.4 Å². The van der Waals surface area contributed by atoms with E-state index in [4.69, 9.17) is 4.74 Å². The average Bonchev–Trinajstić information content (AvgIpc) is 1.84. The van der Waals surface area contributed by atoms with Crippen LogP contribution in [0.2, 0.25) is 0 Å². The molecule has 1 amide bonds. The van der Waals surface area contributed by atoms with Crippen molar-refractivity contribution in [3.05, 3.63) is 0 Å². The number of amides is 1. The Morgan fingerprint density at radius 2 is 2.00 bits per heavy atom. The van der Waals surface area contributed by atoms with Crippen molar-refractivity contribution in [3.8, 4) is 0 Å². The molecule has 1 rings (SSSR count). The molecule has 0 bridgehead atoms. The SMILES string of the molecule is CC1(NC(=O)C(=O)[O-])COC1.[Na+]. The zero-order valence-corrected chi connectivity index (χ0v) is 9.05. The van der Waals surface area contributed by atoms with E-state index in [0.717, 1.165) is 0 Å². The molecular formula is C6H8NNaO4. The van der Waals surface area contributed by atoms with Crippen LogP contribution < -0.4 is 40.0 Å². The summed E-state index contributed by atoms with van der Waals surface area (Å²) in [6.07, 6.45) is 0. The molecule has 1 heterocycles. The minimum atomic E-state index is -1.71. The number of carboxylic acids is 1. The molecule has 1 aliphatic heterocycles. The zero-order chi connectivity index (χ0) is 8.48. The molecule has 0 aromatic heterocycles. The molecule has 0 atom stereocenters. The van der Waals surface area contributed by atoms with Gasteiger partial charge in [0.1, 0.15) is 5.97 Å². The summed E-state index contributed by atoms with van der Waals surface area (Å²) in [5, 5.41) is 12.2. The van der Waals surface area contributed by atoms with E-state index in [-0.39, 0.29) is 29.6 Å². The van der Waals surface area contributed by atoms with Gasteiger partial charge in [0, 0.05) is 0 Å². The van der Waals surface area contributed by atoms with Gasteiger partial charge in [-0.25, -0.2) is 0 Å². The molecule has 12 heavy (non-hydrogen) atoms. The van der Waals surface area contributed by atoms with Crippen molar-refractivity contribution in [2.75, 3.05) is 13.2 Å². The van der Waals surface area contributed by atoms with E-state index in [2.05, 4.69) is 5.32 Å². The van der Waals surface area contributed by atoms with Gasteiger partial charge in [0.05, 0.1) is 18.8 Å². The van der Waals surface area contributed by atoms with E-state index in [9.17, 15) is 14.7 Å². The smallest absolute Gasteiger partial charge is 0.540 e. The summed E-state index contributed by atoms with van der Waals surface area (Å²) >= 11 is 0. The summed E-state index contributed by atoms with van der Waals surface area (Å²) in [4.78, 5) is 20.5. The fourth-order valence-corrected chi connectivity index (χ4v) is 0.806. The van der Waals surface area contributed by atoms with Crippen molar-refractivity contribution in [2.45, 2.75) is 12.5 Å². The van der Waals surface area contributed by atoms with Crippen LogP contribution in [0.4, 0.5) is 0 Å². The molecule has 6 heteroatoms. The van der Waals surface area contributed by atoms with Crippen LogP contribution in [0.5, 0.6) is 0 Å². The topological polar surface area (TPSA) is 78.5 Å². The molecule has 62 valence electrons. The van der Waals surface area contributed by atoms with E-state index in [0.29, 0.717) is 13.2 Å². The Hall–Kier alpha value is -0.100. The number of ether oxygens (including phenoxy) is 1. The molecule has 1 saturated heterocycles. The van der Waals surface area contributed by atoms with Crippen LogP contribution >= 0.6 is 0 Å². The van der Waals surface area contributed by atoms with E-state index in [1.165, 1.54) is 0 Å². The third kappa shape index (κ3) is 2.75. The van der Waals surface area contributed by atoms with Crippen molar-refractivity contribution >= 4 is 11.9 Å². The van der Waals surface area contributed by atoms with Gasteiger partial charge in [-0.15, -0.1) is 0 Å². The largest absolute Gasteiger partial charge is 1.00 e. The molecular weight excluding hydrogens is 173 g/mol. The Bertz CT molecular complexity index is 202. The molecule has 0 spiro atoms. The number of hydrogen-bond acceptors (Lipinski definition) is 4. The van der Waals surface area contributed by atoms with Gasteiger partial charge in [-0.1, -0.05) is 0 Å². The first-order chi connectivity index (χ1) is 5.03. The van der Waals surface area contributed by atoms with Crippen LogP contribution in [0.25, 0.3) is 0 Å². The van der Waals surface area contributed by atoms with Crippen molar-refractivity contribution in [1.82, 2.24) is 5.32 Å². The number of carbonyl (C=O) groups is 2. The maximum absolute atomic E-state index is 10.5. The third-order valence-corrected chi connectivity index (χ3v) is 1.44. The maximum atomic E-state index is 10.5. The number of aliphatic carboxylic acids is 1. The maximum Gasteiger partial charge on any atom is 1.00 e. The van der Waals surface area contributed by atoms with Crippen molar-refractivity contribution < 1.29 is 49.0 Å². The summed E-state index contributed by atoms with van der Waals surface area (Å²) in [7, 11) is 0. The summed E-state index contributed by atoms with van der Waals surface area (Å²) in [6, 6.07) is 0. The number of carbonyl (C=O) groups excluding carboxylic acids is 2. The normalized spacial score (nSPS) is 18.4. The fraction of sp³-hybridized carbons (Fsp3) is 0.667. The second-order valence-electron chi connectivity index (χ2n) is 2.80. The minimum Gasteiger partial charge on any atom is -0.540 e. The molecule has 0 radical (unpaired) electrons. The van der Waals surface area contributed by atoms with Crippen LogP contribution in [-0.2, 0) is 14.3 Å². The molecule has 0 saturated carbocycles. The molecule has 1 fully saturated rings. The van der Waals surface area contributed by atoms with Crippen LogP contribution in [0.1, 0.15) is 6.92 Å². The van der Waals surface area contributed by atoms with E-state index in [1.54, 1.807) is 6.92 Å². The number of carboxylic acid groups (broad SMARTS) is 1. The Kier molecular flexibility index (Phi) is 4.19. The van der Waals surface area contributed by atoms with Gasteiger partial charge in [-0.3, -0.25) is 4.79 Å². The molecule has 0 aromatic rings. The van der Waals surface area contributed by atoms with Crippen molar-refractivity contribution in [2.24, 2.45) is 0 Å². The van der Waals surface area contributed by atoms with Crippen LogP contribution in [0.15, 0.2) is 0 Å². The van der Waals surface area contributed by atoms with Crippen LogP contribution in [0.3, 0.4) is 0 Å².